The lowest BCUT2D eigenvalue weighted by molar-refractivity contribution is 0.192. The van der Waals surface area contributed by atoms with Crippen molar-refractivity contribution in [2.75, 3.05) is 37.6 Å². The molecular weight excluding hydrogens is 238 g/mol. The van der Waals surface area contributed by atoms with Crippen LogP contribution in [0.15, 0.2) is 12.4 Å². The summed E-state index contributed by atoms with van der Waals surface area (Å²) in [6.45, 7) is 9.42. The van der Waals surface area contributed by atoms with Crippen LogP contribution in [0.2, 0.25) is 0 Å². The Labute approximate surface area is 115 Å². The molecular formula is C14H25N5. The zero-order chi connectivity index (χ0) is 13.7. The largest absolute Gasteiger partial charge is 0.338 e. The van der Waals surface area contributed by atoms with Crippen molar-refractivity contribution in [2.45, 2.75) is 32.7 Å². The first-order valence-electron chi connectivity index (χ1n) is 7.24. The zero-order valence-corrected chi connectivity index (χ0v) is 12.0. The second-order valence-electron chi connectivity index (χ2n) is 5.21. The Morgan fingerprint density at radius 1 is 1.21 bits per heavy atom. The molecule has 5 nitrogen and oxygen atoms in total. The number of piperazine rings is 1. The molecule has 2 rings (SSSR count). The normalized spacial score (nSPS) is 18.6. The van der Waals surface area contributed by atoms with Crippen LogP contribution >= 0.6 is 0 Å². The quantitative estimate of drug-likeness (QED) is 0.855. The maximum Gasteiger partial charge on any atom is 0.225 e. The van der Waals surface area contributed by atoms with E-state index in [0.717, 1.165) is 44.1 Å². The highest BCUT2D eigenvalue weighted by Crippen LogP contribution is 2.13. The summed E-state index contributed by atoms with van der Waals surface area (Å²) in [4.78, 5) is 13.7. The summed E-state index contributed by atoms with van der Waals surface area (Å²) in [6, 6.07) is 0.676. The molecule has 0 aromatic carbocycles. The smallest absolute Gasteiger partial charge is 0.225 e. The lowest BCUT2D eigenvalue weighted by Gasteiger charge is -2.37. The first kappa shape index (κ1) is 14.2. The molecule has 0 aliphatic carbocycles. The van der Waals surface area contributed by atoms with E-state index in [-0.39, 0.29) is 0 Å². The third kappa shape index (κ3) is 3.64. The Balaban J connectivity index is 1.90. The third-order valence-corrected chi connectivity index (χ3v) is 3.94. The molecule has 1 saturated heterocycles. The van der Waals surface area contributed by atoms with Gasteiger partial charge in [0.2, 0.25) is 5.95 Å². The molecule has 0 spiro atoms. The average Bonchev–Trinajstić information content (AvgIpc) is 2.48. The van der Waals surface area contributed by atoms with Crippen molar-refractivity contribution < 1.29 is 0 Å². The molecule has 5 heteroatoms. The Morgan fingerprint density at radius 3 is 2.37 bits per heavy atom. The van der Waals surface area contributed by atoms with E-state index >= 15 is 0 Å². The van der Waals surface area contributed by atoms with Crippen LogP contribution in [0.1, 0.15) is 25.8 Å². The number of anilines is 1. The van der Waals surface area contributed by atoms with Crippen molar-refractivity contribution in [3.8, 4) is 0 Å². The van der Waals surface area contributed by atoms with Gasteiger partial charge in [-0.05, 0) is 31.9 Å². The van der Waals surface area contributed by atoms with Gasteiger partial charge >= 0.3 is 0 Å². The van der Waals surface area contributed by atoms with Gasteiger partial charge in [0, 0.05) is 44.6 Å². The molecule has 0 bridgehead atoms. The number of aromatic nitrogens is 2. The fourth-order valence-electron chi connectivity index (χ4n) is 2.43. The minimum Gasteiger partial charge on any atom is -0.338 e. The van der Waals surface area contributed by atoms with Crippen molar-refractivity contribution >= 4 is 5.95 Å². The van der Waals surface area contributed by atoms with Gasteiger partial charge in [-0.15, -0.1) is 0 Å². The van der Waals surface area contributed by atoms with Crippen LogP contribution in [0.5, 0.6) is 0 Å². The highest BCUT2D eigenvalue weighted by molar-refractivity contribution is 5.30. The molecule has 2 N–H and O–H groups in total. The Kier molecular flexibility index (Phi) is 5.10. The van der Waals surface area contributed by atoms with Crippen LogP contribution in [0.3, 0.4) is 0 Å². The predicted molar refractivity (Wildman–Crippen MR) is 78.3 cm³/mol. The van der Waals surface area contributed by atoms with E-state index in [1.54, 1.807) is 0 Å². The van der Waals surface area contributed by atoms with E-state index in [9.17, 15) is 0 Å². The molecule has 0 amide bonds. The van der Waals surface area contributed by atoms with Gasteiger partial charge in [-0.1, -0.05) is 6.92 Å². The summed E-state index contributed by atoms with van der Waals surface area (Å²) in [5.41, 5.74) is 6.64. The van der Waals surface area contributed by atoms with Crippen LogP contribution in [0.25, 0.3) is 0 Å². The van der Waals surface area contributed by atoms with E-state index in [4.69, 9.17) is 5.73 Å². The summed E-state index contributed by atoms with van der Waals surface area (Å²) in [5, 5.41) is 0. The van der Waals surface area contributed by atoms with Crippen molar-refractivity contribution in [3.63, 3.8) is 0 Å². The number of nitrogens with zero attached hydrogens (tertiary/aromatic N) is 4. The summed E-state index contributed by atoms with van der Waals surface area (Å²) >= 11 is 0. The summed E-state index contributed by atoms with van der Waals surface area (Å²) < 4.78 is 0. The minimum absolute atomic E-state index is 0.649. The molecule has 0 saturated carbocycles. The number of hydrogen-bond acceptors (Lipinski definition) is 5. The van der Waals surface area contributed by atoms with Crippen molar-refractivity contribution in [1.29, 1.82) is 0 Å². The average molecular weight is 263 g/mol. The molecule has 0 radical (unpaired) electrons. The fraction of sp³-hybridized carbons (Fsp3) is 0.714. The Bertz CT molecular complexity index is 370. The topological polar surface area (TPSA) is 58.3 Å². The molecule has 1 atom stereocenters. The lowest BCUT2D eigenvalue weighted by atomic mass is 10.2. The fourth-order valence-corrected chi connectivity index (χ4v) is 2.43. The summed E-state index contributed by atoms with van der Waals surface area (Å²) in [5.74, 6) is 0.851. The van der Waals surface area contributed by atoms with Gasteiger partial charge in [0.15, 0.2) is 0 Å². The standard InChI is InChI=1S/C14H25N5/c1-3-12(2)18-6-8-19(9-7-18)14-16-10-13(4-5-15)11-17-14/h10-12H,3-9,15H2,1-2H3. The maximum atomic E-state index is 5.53. The summed E-state index contributed by atoms with van der Waals surface area (Å²) in [6.07, 6.45) is 5.86. The second kappa shape index (κ2) is 6.82. The van der Waals surface area contributed by atoms with Gasteiger partial charge in [0.25, 0.3) is 0 Å². The van der Waals surface area contributed by atoms with Crippen LogP contribution in [-0.2, 0) is 6.42 Å². The molecule has 1 fully saturated rings. The molecule has 1 unspecified atom stereocenters. The van der Waals surface area contributed by atoms with Crippen molar-refractivity contribution in [2.24, 2.45) is 5.73 Å². The molecule has 2 heterocycles. The highest BCUT2D eigenvalue weighted by atomic mass is 15.3. The number of hydrogen-bond donors (Lipinski definition) is 1. The minimum atomic E-state index is 0.649. The predicted octanol–water partition coefficient (Wildman–Crippen LogP) is 0.898. The van der Waals surface area contributed by atoms with Gasteiger partial charge in [-0.2, -0.15) is 0 Å². The first-order valence-corrected chi connectivity index (χ1v) is 7.24. The zero-order valence-electron chi connectivity index (χ0n) is 12.0. The van der Waals surface area contributed by atoms with Gasteiger partial charge in [-0.25, -0.2) is 9.97 Å². The van der Waals surface area contributed by atoms with Crippen molar-refractivity contribution in [3.05, 3.63) is 18.0 Å². The number of rotatable bonds is 5. The van der Waals surface area contributed by atoms with Gasteiger partial charge in [0.1, 0.15) is 0 Å². The highest BCUT2D eigenvalue weighted by Gasteiger charge is 2.21. The third-order valence-electron chi connectivity index (χ3n) is 3.94. The second-order valence-corrected chi connectivity index (χ2v) is 5.21. The number of nitrogens with two attached hydrogens (primary N) is 1. The maximum absolute atomic E-state index is 5.53. The van der Waals surface area contributed by atoms with E-state index in [1.807, 2.05) is 12.4 Å². The monoisotopic (exact) mass is 263 g/mol. The van der Waals surface area contributed by atoms with Gasteiger partial charge in [0.05, 0.1) is 0 Å². The molecule has 19 heavy (non-hydrogen) atoms. The van der Waals surface area contributed by atoms with Crippen LogP contribution < -0.4 is 10.6 Å². The molecule has 1 aliphatic rings. The van der Waals surface area contributed by atoms with Crippen LogP contribution in [0, 0.1) is 0 Å². The van der Waals surface area contributed by atoms with E-state index in [0.29, 0.717) is 12.6 Å². The van der Waals surface area contributed by atoms with Gasteiger partial charge in [-0.3, -0.25) is 4.90 Å². The molecule has 1 aliphatic heterocycles. The van der Waals surface area contributed by atoms with E-state index in [1.165, 1.54) is 6.42 Å². The Hall–Kier alpha value is -1.20. The first-order chi connectivity index (χ1) is 9.24. The Morgan fingerprint density at radius 2 is 1.84 bits per heavy atom. The van der Waals surface area contributed by atoms with Crippen LogP contribution in [0.4, 0.5) is 5.95 Å². The molecule has 1 aromatic heterocycles. The van der Waals surface area contributed by atoms with Crippen molar-refractivity contribution in [1.82, 2.24) is 14.9 Å². The van der Waals surface area contributed by atoms with Gasteiger partial charge < -0.3 is 10.6 Å². The van der Waals surface area contributed by atoms with Crippen LogP contribution in [-0.4, -0.2) is 53.6 Å². The van der Waals surface area contributed by atoms with E-state index < -0.39 is 0 Å². The lowest BCUT2D eigenvalue weighted by Crippen LogP contribution is -2.49. The molecule has 1 aromatic rings. The summed E-state index contributed by atoms with van der Waals surface area (Å²) in [7, 11) is 0. The molecule has 106 valence electrons. The SMILES string of the molecule is CCC(C)N1CCN(c2ncc(CCN)cn2)CC1. The van der Waals surface area contributed by atoms with E-state index in [2.05, 4.69) is 33.6 Å².